The Morgan fingerprint density at radius 1 is 1.17 bits per heavy atom. The highest BCUT2D eigenvalue weighted by Crippen LogP contribution is 2.34. The summed E-state index contributed by atoms with van der Waals surface area (Å²) in [5.41, 5.74) is 10.5. The molecule has 7 nitrogen and oxygen atoms in total. The van der Waals surface area contributed by atoms with Crippen LogP contribution in [0.4, 0.5) is 0 Å². The number of hydrogen-bond donors (Lipinski definition) is 1. The molecule has 0 radical (unpaired) electrons. The number of carbonyl (C=O) groups excluding carboxylic acids is 2. The highest BCUT2D eigenvalue weighted by Gasteiger charge is 2.29. The second-order valence-corrected chi connectivity index (χ2v) is 6.76. The predicted octanol–water partition coefficient (Wildman–Crippen LogP) is 1.91. The van der Waals surface area contributed by atoms with E-state index >= 15 is 0 Å². The van der Waals surface area contributed by atoms with Gasteiger partial charge in [0.25, 0.3) is 5.91 Å². The first-order valence-electron chi connectivity index (χ1n) is 9.33. The van der Waals surface area contributed by atoms with E-state index in [1.54, 1.807) is 6.07 Å². The quantitative estimate of drug-likeness (QED) is 0.650. The van der Waals surface area contributed by atoms with Gasteiger partial charge in [0.1, 0.15) is 11.5 Å². The minimum absolute atomic E-state index is 0.229. The van der Waals surface area contributed by atoms with Crippen molar-refractivity contribution in [3.63, 3.8) is 0 Å². The number of methoxy groups -OCH3 is 1. The summed E-state index contributed by atoms with van der Waals surface area (Å²) in [6, 6.07) is 13.7. The number of esters is 1. The maximum absolute atomic E-state index is 12.1. The molecule has 0 saturated carbocycles. The highest BCUT2D eigenvalue weighted by molar-refractivity contribution is 6.47. The molecule has 2 aromatic heterocycles. The predicted molar refractivity (Wildman–Crippen MR) is 108 cm³/mol. The molecule has 1 amide bonds. The average Bonchev–Trinajstić information content (AvgIpc) is 3.07. The van der Waals surface area contributed by atoms with Gasteiger partial charge in [0.15, 0.2) is 6.61 Å². The monoisotopic (exact) mass is 391 g/mol. The second-order valence-electron chi connectivity index (χ2n) is 6.76. The summed E-state index contributed by atoms with van der Waals surface area (Å²) in [6.07, 6.45) is 3.31. The lowest BCUT2D eigenvalue weighted by molar-refractivity contribution is -0.142. The van der Waals surface area contributed by atoms with Crippen LogP contribution in [-0.4, -0.2) is 42.3 Å². The third-order valence-corrected chi connectivity index (χ3v) is 5.02. The van der Waals surface area contributed by atoms with Crippen LogP contribution in [0, 0.1) is 0 Å². The lowest BCUT2D eigenvalue weighted by atomic mass is 9.96. The van der Waals surface area contributed by atoms with Gasteiger partial charge in [0, 0.05) is 30.4 Å². The summed E-state index contributed by atoms with van der Waals surface area (Å²) in [7, 11) is 1.31. The summed E-state index contributed by atoms with van der Waals surface area (Å²) >= 11 is 0. The van der Waals surface area contributed by atoms with Crippen LogP contribution in [0.2, 0.25) is 0 Å². The van der Waals surface area contributed by atoms with Crippen LogP contribution in [0.1, 0.15) is 22.4 Å². The zero-order valence-corrected chi connectivity index (χ0v) is 16.1. The third-order valence-electron chi connectivity index (χ3n) is 5.02. The Balaban J connectivity index is 1.91. The molecule has 0 aliphatic carbocycles. The van der Waals surface area contributed by atoms with Crippen molar-refractivity contribution < 1.29 is 19.1 Å². The summed E-state index contributed by atoms with van der Waals surface area (Å²) in [6.45, 7) is 0.273. The topological polar surface area (TPSA) is 95.4 Å². The first kappa shape index (κ1) is 18.7. The Hall–Kier alpha value is -3.61. The molecular weight excluding hydrogens is 370 g/mol. The fourth-order valence-corrected chi connectivity index (χ4v) is 3.77. The minimum Gasteiger partial charge on any atom is -0.480 e. The van der Waals surface area contributed by atoms with Crippen molar-refractivity contribution >= 4 is 23.1 Å². The molecule has 0 saturated heterocycles. The van der Waals surface area contributed by atoms with E-state index in [0.717, 1.165) is 16.8 Å². The molecule has 1 aliphatic heterocycles. The highest BCUT2D eigenvalue weighted by atomic mass is 16.6. The first-order chi connectivity index (χ1) is 14.1. The van der Waals surface area contributed by atoms with Crippen molar-refractivity contribution in [2.75, 3.05) is 20.3 Å². The second kappa shape index (κ2) is 7.79. The molecule has 148 valence electrons. The van der Waals surface area contributed by atoms with Crippen LogP contribution in [0.3, 0.4) is 0 Å². The molecule has 4 rings (SSSR count). The molecule has 3 aromatic rings. The van der Waals surface area contributed by atoms with E-state index in [4.69, 9.17) is 10.5 Å². The molecule has 0 unspecified atom stereocenters. The smallest absolute Gasteiger partial charge is 0.343 e. The van der Waals surface area contributed by atoms with Gasteiger partial charge < -0.3 is 19.6 Å². The third kappa shape index (κ3) is 3.47. The van der Waals surface area contributed by atoms with Crippen molar-refractivity contribution in [1.29, 1.82) is 0 Å². The number of rotatable bonds is 6. The largest absolute Gasteiger partial charge is 0.480 e. The number of primary amides is 1. The number of ether oxygens (including phenoxy) is 2. The maximum atomic E-state index is 12.1. The van der Waals surface area contributed by atoms with Crippen LogP contribution in [0.15, 0.2) is 53.7 Å². The number of amides is 1. The Kier molecular flexibility index (Phi) is 5.03. The normalized spacial score (nSPS) is 12.9. The van der Waals surface area contributed by atoms with E-state index in [1.807, 2.05) is 34.9 Å². The maximum Gasteiger partial charge on any atom is 0.343 e. The Labute approximate surface area is 167 Å². The molecule has 0 atom stereocenters. The molecule has 1 aliphatic rings. The molecule has 1 aromatic carbocycles. The van der Waals surface area contributed by atoms with E-state index < -0.39 is 11.9 Å². The van der Waals surface area contributed by atoms with Crippen molar-refractivity contribution in [1.82, 2.24) is 4.40 Å². The van der Waals surface area contributed by atoms with Crippen molar-refractivity contribution in [2.24, 2.45) is 10.7 Å². The molecule has 29 heavy (non-hydrogen) atoms. The van der Waals surface area contributed by atoms with Crippen LogP contribution in [-0.2, 0) is 27.2 Å². The number of nitrogens with two attached hydrogens (primary N) is 1. The van der Waals surface area contributed by atoms with Gasteiger partial charge in [-0.05, 0) is 29.7 Å². The van der Waals surface area contributed by atoms with Gasteiger partial charge >= 0.3 is 5.97 Å². The zero-order valence-electron chi connectivity index (χ0n) is 16.1. The Morgan fingerprint density at radius 2 is 1.97 bits per heavy atom. The van der Waals surface area contributed by atoms with Gasteiger partial charge in [0.05, 0.1) is 12.6 Å². The summed E-state index contributed by atoms with van der Waals surface area (Å²) in [4.78, 5) is 28.1. The fraction of sp³-hybridized carbons (Fsp3) is 0.227. The van der Waals surface area contributed by atoms with Crippen molar-refractivity contribution in [3.8, 4) is 5.75 Å². The summed E-state index contributed by atoms with van der Waals surface area (Å²) < 4.78 is 12.4. The van der Waals surface area contributed by atoms with Crippen LogP contribution < -0.4 is 10.5 Å². The molecular formula is C22H21N3O4. The Morgan fingerprint density at radius 3 is 2.69 bits per heavy atom. The number of hydrogen-bond acceptors (Lipinski definition) is 5. The number of nitrogens with zero attached hydrogens (tertiary/aromatic N) is 2. The van der Waals surface area contributed by atoms with Gasteiger partial charge in [-0.1, -0.05) is 30.3 Å². The molecule has 3 heterocycles. The van der Waals surface area contributed by atoms with Gasteiger partial charge in [0.2, 0.25) is 0 Å². The van der Waals surface area contributed by atoms with Crippen LogP contribution in [0.5, 0.6) is 5.75 Å². The number of benzene rings is 1. The van der Waals surface area contributed by atoms with Crippen LogP contribution >= 0.6 is 0 Å². The zero-order chi connectivity index (χ0) is 20.4. The van der Waals surface area contributed by atoms with E-state index in [-0.39, 0.29) is 12.3 Å². The lowest BCUT2D eigenvalue weighted by Crippen LogP contribution is -2.28. The van der Waals surface area contributed by atoms with E-state index in [0.29, 0.717) is 36.2 Å². The molecule has 0 spiro atoms. The first-order valence-corrected chi connectivity index (χ1v) is 9.33. The van der Waals surface area contributed by atoms with Crippen molar-refractivity contribution in [3.05, 3.63) is 71.0 Å². The number of pyridine rings is 1. The van der Waals surface area contributed by atoms with Gasteiger partial charge in [-0.2, -0.15) is 0 Å². The average molecular weight is 391 g/mol. The van der Waals surface area contributed by atoms with E-state index in [2.05, 4.69) is 21.9 Å². The standard InChI is InChI=1S/C22H21N3O4/c1-28-18(26)13-29-17-8-5-11-25-16(12-14-6-3-2-4-7-14)15-9-10-24-20(22(23)27)19(15)21(17)25/h2-8,11H,9-10,12-13H2,1H3,(H2,23,27). The molecule has 0 fully saturated rings. The molecule has 0 bridgehead atoms. The SMILES string of the molecule is COC(=O)COc1cccn2c(Cc3ccccc3)c3c(c12)C(C(N)=O)=NCC3. The van der Waals surface area contributed by atoms with Gasteiger partial charge in [-0.3, -0.25) is 9.79 Å². The number of fused-ring (bicyclic) bond motifs is 3. The van der Waals surface area contributed by atoms with E-state index in [1.165, 1.54) is 7.11 Å². The lowest BCUT2D eigenvalue weighted by Gasteiger charge is -2.13. The minimum atomic E-state index is -0.576. The molecule has 7 heteroatoms. The summed E-state index contributed by atoms with van der Waals surface area (Å²) in [5, 5.41) is 0. The number of aromatic nitrogens is 1. The van der Waals surface area contributed by atoms with Gasteiger partial charge in [-0.25, -0.2) is 4.79 Å². The Bertz CT molecular complexity index is 1120. The van der Waals surface area contributed by atoms with E-state index in [9.17, 15) is 9.59 Å². The number of carbonyl (C=O) groups is 2. The van der Waals surface area contributed by atoms with Gasteiger partial charge in [-0.15, -0.1) is 0 Å². The summed E-state index contributed by atoms with van der Waals surface area (Å²) in [5.74, 6) is -0.586. The molecule has 2 N–H and O–H groups in total. The van der Waals surface area contributed by atoms with Crippen molar-refractivity contribution in [2.45, 2.75) is 12.8 Å². The van der Waals surface area contributed by atoms with Crippen LogP contribution in [0.25, 0.3) is 5.52 Å². The fourth-order valence-electron chi connectivity index (χ4n) is 3.77. The number of aliphatic imine (C=N–C) groups is 1.